The lowest BCUT2D eigenvalue weighted by molar-refractivity contribution is 0.589. The molecule has 2 aromatic heterocycles. The number of benzene rings is 10. The summed E-state index contributed by atoms with van der Waals surface area (Å²) in [5.41, 5.74) is 24.0. The van der Waals surface area contributed by atoms with Gasteiger partial charge in [-0.15, -0.1) is 22.7 Å². The van der Waals surface area contributed by atoms with Gasteiger partial charge in [-0.1, -0.05) is 223 Å². The lowest BCUT2D eigenvalue weighted by Gasteiger charge is -2.41. The maximum atomic E-state index is 2.69. The van der Waals surface area contributed by atoms with Crippen LogP contribution in [0.2, 0.25) is 0 Å². The number of allylic oxidation sites excluding steroid dienone is 2. The molecule has 88 heavy (non-hydrogen) atoms. The van der Waals surface area contributed by atoms with Gasteiger partial charge in [0.2, 0.25) is 0 Å². The predicted molar refractivity (Wildman–Crippen MR) is 382 cm³/mol. The van der Waals surface area contributed by atoms with Gasteiger partial charge in [-0.25, -0.2) is 0 Å². The molecule has 0 radical (unpaired) electrons. The van der Waals surface area contributed by atoms with E-state index < -0.39 is 5.41 Å². The number of rotatable bonds is 8. The van der Waals surface area contributed by atoms with Crippen LogP contribution in [-0.2, 0) is 33.5 Å². The van der Waals surface area contributed by atoms with Crippen LogP contribution in [-0.4, -0.2) is 6.04 Å². The van der Waals surface area contributed by atoms with E-state index in [9.17, 15) is 0 Å². The van der Waals surface area contributed by atoms with E-state index in [-0.39, 0.29) is 27.7 Å². The second-order valence-corrected chi connectivity index (χ2v) is 31.5. The third-order valence-corrected chi connectivity index (χ3v) is 21.9. The van der Waals surface area contributed by atoms with Gasteiger partial charge in [-0.2, -0.15) is 0 Å². The van der Waals surface area contributed by atoms with Crippen LogP contribution < -0.4 is 9.80 Å². The fraction of sp³-hybridized carbons (Fsp3) is 0.238. The van der Waals surface area contributed by atoms with Gasteiger partial charge in [-0.3, -0.25) is 0 Å². The predicted octanol–water partition coefficient (Wildman–Crippen LogP) is 23.9. The Labute approximate surface area is 529 Å². The van der Waals surface area contributed by atoms with Crippen molar-refractivity contribution in [3.8, 4) is 11.1 Å². The summed E-state index contributed by atoms with van der Waals surface area (Å²) in [5, 5.41) is 5.24. The molecule has 2 nitrogen and oxygen atoms in total. The van der Waals surface area contributed by atoms with Crippen molar-refractivity contribution >= 4 is 97.0 Å². The first-order valence-corrected chi connectivity index (χ1v) is 33.3. The van der Waals surface area contributed by atoms with Gasteiger partial charge in [0.05, 0.1) is 17.1 Å². The normalized spacial score (nSPS) is 16.6. The minimum atomic E-state index is -0.758. The molecule has 15 rings (SSSR count). The van der Waals surface area contributed by atoms with Crippen molar-refractivity contribution in [1.29, 1.82) is 0 Å². The van der Waals surface area contributed by atoms with E-state index in [0.717, 1.165) is 24.2 Å². The summed E-state index contributed by atoms with van der Waals surface area (Å²) in [5.74, 6) is 0. The Morgan fingerprint density at radius 1 is 0.409 bits per heavy atom. The summed E-state index contributed by atoms with van der Waals surface area (Å²) in [6.07, 6.45) is 6.74. The maximum absolute atomic E-state index is 2.69. The van der Waals surface area contributed by atoms with Crippen molar-refractivity contribution in [3.05, 3.63) is 286 Å². The Kier molecular flexibility index (Phi) is 13.0. The van der Waals surface area contributed by atoms with Crippen LogP contribution in [0.5, 0.6) is 0 Å². The molecular formula is C84H78N2S2. The summed E-state index contributed by atoms with van der Waals surface area (Å²) in [7, 11) is 0. The highest BCUT2D eigenvalue weighted by atomic mass is 32.1. The minimum absolute atomic E-state index is 0.00434. The lowest BCUT2D eigenvalue weighted by Crippen LogP contribution is -2.37. The van der Waals surface area contributed by atoms with Crippen LogP contribution >= 0.6 is 22.7 Å². The third-order valence-electron chi connectivity index (χ3n) is 19.6. The van der Waals surface area contributed by atoms with E-state index >= 15 is 0 Å². The van der Waals surface area contributed by atoms with Crippen LogP contribution in [0.15, 0.2) is 230 Å². The van der Waals surface area contributed by atoms with Crippen LogP contribution in [0.25, 0.3) is 57.0 Å². The highest BCUT2D eigenvalue weighted by Gasteiger charge is 2.52. The van der Waals surface area contributed by atoms with Crippen molar-refractivity contribution in [1.82, 2.24) is 0 Å². The van der Waals surface area contributed by atoms with E-state index in [1.807, 2.05) is 22.7 Å². The summed E-state index contributed by atoms with van der Waals surface area (Å²) in [4.78, 5) is 5.26. The Balaban J connectivity index is 1.06. The first kappa shape index (κ1) is 56.2. The molecule has 0 amide bonds. The highest BCUT2D eigenvalue weighted by molar-refractivity contribution is 7.26. The zero-order chi connectivity index (χ0) is 60.8. The highest BCUT2D eigenvalue weighted by Crippen LogP contribution is 2.64. The molecule has 0 aliphatic heterocycles. The molecule has 2 unspecified atom stereocenters. The molecule has 3 aliphatic rings. The molecule has 0 bridgehead atoms. The molecule has 12 aromatic rings. The SMILES string of the molecule is CC(C)(C)c1ccc(N(c2ccc(C(C)(C)C)cc2)c2cc3c(c4c2Cc2ccccc2-4)C2=C(CC(N(c4ccc(C(C)(C)C)cc4)c4ccc(C(C)(C)C)cc4)C=C2)C3(c2ccc3c(c2)sc2ccccc23)c2ccc3sc4ccccc4c3c2)cc1. The maximum Gasteiger partial charge on any atom is 0.0679 e. The Hall–Kier alpha value is -8.28. The molecule has 2 heterocycles. The lowest BCUT2D eigenvalue weighted by atomic mass is 9.64. The fourth-order valence-electron chi connectivity index (χ4n) is 14.9. The number of anilines is 5. The van der Waals surface area contributed by atoms with Gasteiger partial charge >= 0.3 is 0 Å². The molecule has 0 N–H and O–H groups in total. The summed E-state index contributed by atoms with van der Waals surface area (Å²) >= 11 is 3.83. The van der Waals surface area contributed by atoms with Gasteiger partial charge in [-0.05, 0) is 191 Å². The van der Waals surface area contributed by atoms with Gasteiger partial charge in [0, 0.05) is 69.5 Å². The van der Waals surface area contributed by atoms with E-state index in [4.69, 9.17) is 0 Å². The first-order chi connectivity index (χ1) is 42.1. The zero-order valence-electron chi connectivity index (χ0n) is 53.1. The Bertz CT molecular complexity index is 4690. The summed E-state index contributed by atoms with van der Waals surface area (Å²) < 4.78 is 5.25. The molecule has 0 spiro atoms. The second kappa shape index (κ2) is 20.4. The Morgan fingerprint density at radius 3 is 1.42 bits per heavy atom. The summed E-state index contributed by atoms with van der Waals surface area (Å²) in [6, 6.07) is 83.1. The number of thiophene rings is 2. The van der Waals surface area contributed by atoms with E-state index in [1.54, 1.807) is 0 Å². The van der Waals surface area contributed by atoms with Crippen molar-refractivity contribution < 1.29 is 0 Å². The molecule has 10 aromatic carbocycles. The van der Waals surface area contributed by atoms with Gasteiger partial charge in [0.25, 0.3) is 0 Å². The van der Waals surface area contributed by atoms with E-state index in [2.05, 4.69) is 317 Å². The average molecular weight is 1180 g/mol. The number of fused-ring (bicyclic) bond motifs is 12. The average Bonchev–Trinajstić information content (AvgIpc) is 1.52. The standard InChI is InChI=1S/C84H78N2S2/c1-80(2,3)53-25-35-59(36-26-53)85(60-37-27-54(28-38-60)81(4,5)6)63-43-45-68-71(50-63)84(57-34-46-76-69(48-57)66-22-16-18-24-75(66)87-76,58-33-44-67-65-21-15-17-23-74(65)88-77(67)49-58)72-51-73(70-47-52-19-13-14-20-64(52)78(70)79(68)72)86(61-39-29-55(30-40-61)82(7,8)9)62-41-31-56(32-42-62)83(10,11)12/h13-46,48-49,51,63H,47,50H2,1-12H3. The van der Waals surface area contributed by atoms with Crippen LogP contribution in [0.3, 0.4) is 0 Å². The fourth-order valence-corrected chi connectivity index (χ4v) is 17.1. The van der Waals surface area contributed by atoms with Crippen molar-refractivity contribution in [2.45, 2.75) is 129 Å². The topological polar surface area (TPSA) is 6.48 Å². The minimum Gasteiger partial charge on any atom is -0.334 e. The van der Waals surface area contributed by atoms with Crippen molar-refractivity contribution in [3.63, 3.8) is 0 Å². The van der Waals surface area contributed by atoms with Crippen molar-refractivity contribution in [2.75, 3.05) is 9.80 Å². The van der Waals surface area contributed by atoms with E-state index in [1.165, 1.54) is 135 Å². The number of nitrogens with zero attached hydrogens (tertiary/aromatic N) is 2. The Morgan fingerprint density at radius 2 is 0.864 bits per heavy atom. The molecule has 436 valence electrons. The molecule has 0 saturated carbocycles. The smallest absolute Gasteiger partial charge is 0.0679 e. The molecule has 3 aliphatic carbocycles. The largest absolute Gasteiger partial charge is 0.334 e. The number of hydrogen-bond donors (Lipinski definition) is 0. The van der Waals surface area contributed by atoms with Gasteiger partial charge in [0.1, 0.15) is 0 Å². The molecule has 4 heteroatoms. The first-order valence-electron chi connectivity index (χ1n) is 31.7. The third kappa shape index (κ3) is 9.14. The quantitative estimate of drug-likeness (QED) is 0.150. The van der Waals surface area contributed by atoms with Crippen LogP contribution in [0.4, 0.5) is 28.4 Å². The molecule has 0 fully saturated rings. The van der Waals surface area contributed by atoms with Crippen LogP contribution in [0, 0.1) is 0 Å². The molecule has 2 atom stereocenters. The number of hydrogen-bond acceptors (Lipinski definition) is 4. The molecular weight excluding hydrogens is 1100 g/mol. The van der Waals surface area contributed by atoms with Gasteiger partial charge < -0.3 is 9.80 Å². The monoisotopic (exact) mass is 1180 g/mol. The second-order valence-electron chi connectivity index (χ2n) is 29.3. The summed E-state index contributed by atoms with van der Waals surface area (Å²) in [6.45, 7) is 27.8. The molecule has 0 saturated heterocycles. The van der Waals surface area contributed by atoms with Crippen LogP contribution in [0.1, 0.15) is 145 Å². The van der Waals surface area contributed by atoms with E-state index in [0.29, 0.717) is 0 Å². The van der Waals surface area contributed by atoms with Gasteiger partial charge in [0.15, 0.2) is 0 Å². The van der Waals surface area contributed by atoms with Crippen molar-refractivity contribution in [2.24, 2.45) is 0 Å². The zero-order valence-corrected chi connectivity index (χ0v) is 54.7.